The van der Waals surface area contributed by atoms with Crippen molar-refractivity contribution in [1.82, 2.24) is 0 Å². The summed E-state index contributed by atoms with van der Waals surface area (Å²) in [5.74, 6) is -5.40. The molecule has 0 aliphatic heterocycles. The van der Waals surface area contributed by atoms with Crippen molar-refractivity contribution >= 4 is 66.2 Å². The number of carbonyl (C=O) groups is 4. The van der Waals surface area contributed by atoms with Crippen LogP contribution in [-0.2, 0) is 19.2 Å². The minimum absolute atomic E-state index is 0.0736. The third-order valence-electron chi connectivity index (χ3n) is 12.0. The van der Waals surface area contributed by atoms with E-state index in [1.54, 1.807) is 43.4 Å². The van der Waals surface area contributed by atoms with Crippen LogP contribution < -0.4 is 20.4 Å². The van der Waals surface area contributed by atoms with Gasteiger partial charge < -0.3 is 39.6 Å². The molecule has 0 N–H and O–H groups in total. The summed E-state index contributed by atoms with van der Waals surface area (Å²) in [5, 5.41) is 42.0. The second-order valence-electron chi connectivity index (χ2n) is 18.4. The Kier molecular flexibility index (Phi) is 65.1. The second-order valence-corrected chi connectivity index (χ2v) is 26.9. The van der Waals surface area contributed by atoms with Gasteiger partial charge >= 0.3 is 242 Å². The van der Waals surface area contributed by atoms with Crippen molar-refractivity contribution in [3.63, 3.8) is 0 Å². The normalized spacial score (nSPS) is 11.9. The molecule has 2 atom stereocenters. The van der Waals surface area contributed by atoms with Crippen molar-refractivity contribution in [1.29, 1.82) is 0 Å². The molecule has 10 heteroatoms. The maximum absolute atomic E-state index is 10.7. The Labute approximate surface area is 429 Å². The summed E-state index contributed by atoms with van der Waals surface area (Å²) in [6.45, 7) is 17.2. The zero-order valence-electron chi connectivity index (χ0n) is 44.4. The minimum atomic E-state index is -1.48. The first-order chi connectivity index (χ1) is 31.8. The van der Waals surface area contributed by atoms with E-state index in [0.29, 0.717) is 12.2 Å². The quantitative estimate of drug-likeness (QED) is 0.0331. The van der Waals surface area contributed by atoms with Gasteiger partial charge in [0.1, 0.15) is 0 Å². The molecular weight excluding hydrogens is 1040 g/mol. The van der Waals surface area contributed by atoms with Gasteiger partial charge in [0.2, 0.25) is 0 Å². The van der Waals surface area contributed by atoms with E-state index in [0.717, 1.165) is 51.4 Å². The Morgan fingerprint density at radius 3 is 0.773 bits per heavy atom. The monoisotopic (exact) mass is 1140 g/mol. The van der Waals surface area contributed by atoms with E-state index in [-0.39, 0.29) is 78.1 Å². The van der Waals surface area contributed by atoms with Crippen molar-refractivity contribution in [2.24, 2.45) is 11.8 Å². The fraction of sp³-hybridized carbons (Fsp3) is 0.857. The summed E-state index contributed by atoms with van der Waals surface area (Å²) in [5.41, 5.74) is -0.356. The van der Waals surface area contributed by atoms with Gasteiger partial charge in [-0.1, -0.05) is 79.1 Å². The van der Waals surface area contributed by atoms with Crippen molar-refractivity contribution in [3.8, 4) is 0 Å². The molecule has 0 heterocycles. The molecule has 0 fully saturated rings. The number of unbranched alkanes of at least 4 members (excludes halogenated alkanes) is 22. The molecule has 2 unspecified atom stereocenters. The molecule has 66 heavy (non-hydrogen) atoms. The Bertz CT molecular complexity index is 1010. The summed E-state index contributed by atoms with van der Waals surface area (Å²) in [7, 11) is 0. The third kappa shape index (κ3) is 61.0. The van der Waals surface area contributed by atoms with Crippen LogP contribution in [0.25, 0.3) is 0 Å². The molecule has 0 saturated heterocycles. The molecule has 0 aromatic rings. The Morgan fingerprint density at radius 1 is 0.348 bits per heavy atom. The van der Waals surface area contributed by atoms with Crippen LogP contribution >= 0.6 is 0 Å². The first-order valence-corrected chi connectivity index (χ1v) is 35.6. The van der Waals surface area contributed by atoms with Crippen molar-refractivity contribution < 1.29 is 39.6 Å². The van der Waals surface area contributed by atoms with Gasteiger partial charge in [0, 0.05) is 0 Å². The van der Waals surface area contributed by atoms with Crippen LogP contribution in [0.5, 0.6) is 0 Å². The molecule has 0 aliphatic rings. The summed E-state index contributed by atoms with van der Waals surface area (Å²) in [4.78, 5) is 42.0. The Morgan fingerprint density at radius 2 is 0.576 bits per heavy atom. The van der Waals surface area contributed by atoms with Crippen LogP contribution in [0.2, 0.25) is 17.7 Å². The van der Waals surface area contributed by atoms with Crippen LogP contribution in [0.4, 0.5) is 0 Å². The fourth-order valence-electron chi connectivity index (χ4n) is 7.57. The van der Waals surface area contributed by atoms with Crippen molar-refractivity contribution in [2.75, 3.05) is 0 Å². The van der Waals surface area contributed by atoms with Crippen LogP contribution in [0, 0.1) is 11.8 Å². The first-order valence-electron chi connectivity index (χ1n) is 27.5. The molecule has 8 nitrogen and oxygen atoms in total. The summed E-state index contributed by atoms with van der Waals surface area (Å²) >= 11 is 0.147. The number of carbonyl (C=O) groups excluding carboxylic acids is 4. The number of hydrogen-bond acceptors (Lipinski definition) is 8. The maximum atomic E-state index is 10.7. The van der Waals surface area contributed by atoms with Crippen molar-refractivity contribution in [2.45, 2.75) is 291 Å². The standard InChI is InChI=1S/2C12H20O4.4C8H17.2Sn/c2*1-3-5-6-9(4-2)7-10(12(15)16)8-11(13)14;4*1-3-5-7-8-6-4-2;;/h2*8-9H,3-7H2,1-2H3,(H,13,14)(H,15,16);4*1,3-8H2,2H3;;/q;;;;;;2*+2/p-4/b2*10-8-;;;;;;. The number of aliphatic carboxylic acids is 4. The number of carboxylic acid groups (broad SMARTS) is 4. The molecule has 0 aliphatic carbocycles. The first kappa shape index (κ1) is 71.5. The van der Waals surface area contributed by atoms with Gasteiger partial charge in [-0.25, -0.2) is 0 Å². The van der Waals surface area contributed by atoms with E-state index in [4.69, 9.17) is 0 Å². The number of carboxylic acids is 4. The van der Waals surface area contributed by atoms with Gasteiger partial charge in [-0.05, 0) is 48.0 Å². The number of hydrogen-bond donors (Lipinski definition) is 0. The predicted octanol–water partition coefficient (Wildman–Crippen LogP) is 12.5. The Balaban J connectivity index is -0.000000388. The van der Waals surface area contributed by atoms with Crippen LogP contribution in [0.15, 0.2) is 23.3 Å². The molecule has 0 rings (SSSR count). The van der Waals surface area contributed by atoms with Crippen LogP contribution in [-0.4, -0.2) is 66.2 Å². The van der Waals surface area contributed by atoms with E-state index in [1.807, 2.05) is 13.8 Å². The number of rotatable bonds is 44. The van der Waals surface area contributed by atoms with Gasteiger partial charge in [0.15, 0.2) is 0 Å². The molecule has 0 aromatic carbocycles. The molecular formula is C56H104O8Sn2. The Hall–Kier alpha value is -1.04. The molecule has 0 spiro atoms. The van der Waals surface area contributed by atoms with E-state index in [1.165, 1.54) is 128 Å². The zero-order chi connectivity index (χ0) is 50.3. The van der Waals surface area contributed by atoms with E-state index in [9.17, 15) is 39.6 Å². The van der Waals surface area contributed by atoms with E-state index >= 15 is 0 Å². The predicted molar refractivity (Wildman–Crippen MR) is 276 cm³/mol. The molecule has 384 valence electrons. The van der Waals surface area contributed by atoms with E-state index in [2.05, 4.69) is 41.5 Å². The van der Waals surface area contributed by atoms with Crippen LogP contribution in [0.1, 0.15) is 274 Å². The third-order valence-corrected chi connectivity index (χ3v) is 20.1. The average Bonchev–Trinajstić information content (AvgIpc) is 3.29. The SMILES string of the molecule is CCCCC(CC)C/C(=C/C(=O)[O-])C(=O)[O-].CCCCC(CC)C/C(=C/C(=O)[O-])C(=O)[O-].CCCCCCC[CH2][Sn+2][CH2]CCCCCCC.CCCCCCC[CH2][Sn+2][CH2]CCCCCCC. The van der Waals surface area contributed by atoms with Crippen LogP contribution in [0.3, 0.4) is 0 Å². The second kappa shape index (κ2) is 60.1. The molecule has 0 radical (unpaired) electrons. The summed E-state index contributed by atoms with van der Waals surface area (Å²) in [6, 6.07) is 0. The molecule has 0 saturated carbocycles. The molecule has 0 aromatic heterocycles. The van der Waals surface area contributed by atoms with Crippen molar-refractivity contribution in [3.05, 3.63) is 23.3 Å². The van der Waals surface area contributed by atoms with Gasteiger partial charge in [-0.15, -0.1) is 0 Å². The summed E-state index contributed by atoms with van der Waals surface area (Å²) < 4.78 is 6.63. The van der Waals surface area contributed by atoms with Gasteiger partial charge in [-0.3, -0.25) is 0 Å². The topological polar surface area (TPSA) is 161 Å². The molecule has 0 bridgehead atoms. The average molecular weight is 1140 g/mol. The zero-order valence-corrected chi connectivity index (χ0v) is 50.2. The van der Waals surface area contributed by atoms with E-state index < -0.39 is 23.9 Å². The van der Waals surface area contributed by atoms with Gasteiger partial charge in [0.25, 0.3) is 0 Å². The van der Waals surface area contributed by atoms with Gasteiger partial charge in [0.05, 0.1) is 23.9 Å². The van der Waals surface area contributed by atoms with Gasteiger partial charge in [-0.2, -0.15) is 0 Å². The fourth-order valence-corrected chi connectivity index (χ4v) is 14.7. The molecule has 0 amide bonds. The summed E-state index contributed by atoms with van der Waals surface area (Å²) in [6.07, 6.45) is 45.0.